The summed E-state index contributed by atoms with van der Waals surface area (Å²) >= 11 is 0. The molecule has 0 saturated heterocycles. The van der Waals surface area contributed by atoms with E-state index in [-0.39, 0.29) is 12.3 Å². The number of para-hydroxylation sites is 2. The van der Waals surface area contributed by atoms with Crippen LogP contribution in [0.5, 0.6) is 0 Å². The lowest BCUT2D eigenvalue weighted by molar-refractivity contribution is -0.384. The summed E-state index contributed by atoms with van der Waals surface area (Å²) in [5, 5.41) is 27.4. The number of rotatable bonds is 6. The first-order chi connectivity index (χ1) is 9.22. The Balaban J connectivity index is 2.25. The first-order valence-corrected chi connectivity index (χ1v) is 5.44. The number of H-pyrrole nitrogens is 1. The van der Waals surface area contributed by atoms with Gasteiger partial charge in [-0.2, -0.15) is 5.21 Å². The molecule has 2 N–H and O–H groups in total. The van der Waals surface area contributed by atoms with Gasteiger partial charge in [-0.1, -0.05) is 17.3 Å². The van der Waals surface area contributed by atoms with Gasteiger partial charge >= 0.3 is 0 Å². The molecule has 2 aromatic rings. The van der Waals surface area contributed by atoms with Gasteiger partial charge in [-0.25, -0.2) is 0 Å². The number of nitrogens with one attached hydrogen (secondary N) is 2. The maximum atomic E-state index is 10.9. The van der Waals surface area contributed by atoms with Gasteiger partial charge in [-0.3, -0.25) is 10.1 Å². The number of nitrogens with zero attached hydrogens (tertiary/aromatic N) is 4. The lowest BCUT2D eigenvalue weighted by atomic mass is 10.2. The maximum Gasteiger partial charge on any atom is 0.292 e. The van der Waals surface area contributed by atoms with E-state index in [1.54, 1.807) is 18.2 Å². The normalized spacial score (nSPS) is 12.1. The SMILES string of the molecule is COCC(Nc1ccccc1[N+](=O)[O-])c1nn[nH]n1. The molecule has 1 aromatic heterocycles. The molecule has 0 fully saturated rings. The van der Waals surface area contributed by atoms with Crippen LogP contribution in [0.3, 0.4) is 0 Å². The summed E-state index contributed by atoms with van der Waals surface area (Å²) in [4.78, 5) is 10.5. The Hall–Kier alpha value is -2.55. The molecule has 0 radical (unpaired) electrons. The number of methoxy groups -OCH3 is 1. The number of nitro groups is 1. The van der Waals surface area contributed by atoms with Crippen molar-refractivity contribution in [3.05, 3.63) is 40.2 Å². The lowest BCUT2D eigenvalue weighted by Gasteiger charge is -2.15. The minimum atomic E-state index is -0.456. The summed E-state index contributed by atoms with van der Waals surface area (Å²) in [5.41, 5.74) is 0.353. The summed E-state index contributed by atoms with van der Waals surface area (Å²) in [6, 6.07) is 5.91. The predicted octanol–water partition coefficient (Wildman–Crippen LogP) is 0.907. The number of tetrazole rings is 1. The van der Waals surface area contributed by atoms with E-state index in [0.29, 0.717) is 11.5 Å². The zero-order chi connectivity index (χ0) is 13.7. The third-order valence-corrected chi connectivity index (χ3v) is 2.44. The van der Waals surface area contributed by atoms with Crippen molar-refractivity contribution >= 4 is 11.4 Å². The average molecular weight is 264 g/mol. The van der Waals surface area contributed by atoms with Crippen LogP contribution in [0.25, 0.3) is 0 Å². The fraction of sp³-hybridized carbons (Fsp3) is 0.300. The van der Waals surface area contributed by atoms with E-state index < -0.39 is 11.0 Å². The van der Waals surface area contributed by atoms with Crippen LogP contribution in [0.15, 0.2) is 24.3 Å². The van der Waals surface area contributed by atoms with Gasteiger partial charge in [0.2, 0.25) is 0 Å². The number of hydrogen-bond acceptors (Lipinski definition) is 7. The third kappa shape index (κ3) is 3.01. The number of hydrogen-bond donors (Lipinski definition) is 2. The second kappa shape index (κ2) is 5.87. The van der Waals surface area contributed by atoms with E-state index >= 15 is 0 Å². The van der Waals surface area contributed by atoms with E-state index in [2.05, 4.69) is 25.9 Å². The third-order valence-electron chi connectivity index (χ3n) is 2.44. The van der Waals surface area contributed by atoms with Crippen LogP contribution < -0.4 is 5.32 Å². The number of ether oxygens (including phenoxy) is 1. The molecule has 9 heteroatoms. The summed E-state index contributed by atoms with van der Waals surface area (Å²) in [6.07, 6.45) is 0. The first-order valence-electron chi connectivity index (χ1n) is 5.44. The molecule has 9 nitrogen and oxygen atoms in total. The number of benzene rings is 1. The Morgan fingerprint density at radius 3 is 2.95 bits per heavy atom. The summed E-state index contributed by atoms with van der Waals surface area (Å²) in [6.45, 7) is 0.256. The van der Waals surface area contributed by atoms with Gasteiger partial charge in [0, 0.05) is 13.2 Å². The van der Waals surface area contributed by atoms with E-state index in [0.717, 1.165) is 0 Å². The van der Waals surface area contributed by atoms with Gasteiger partial charge in [0.05, 0.1) is 11.5 Å². The van der Waals surface area contributed by atoms with Crippen LogP contribution >= 0.6 is 0 Å². The summed E-state index contributed by atoms with van der Waals surface area (Å²) < 4.78 is 5.05. The molecule has 0 spiro atoms. The van der Waals surface area contributed by atoms with Crippen LogP contribution in [0, 0.1) is 10.1 Å². The zero-order valence-corrected chi connectivity index (χ0v) is 10.1. The minimum absolute atomic E-state index is 0.0212. The van der Waals surface area contributed by atoms with Crippen LogP contribution in [0.4, 0.5) is 11.4 Å². The van der Waals surface area contributed by atoms with Crippen molar-refractivity contribution in [1.82, 2.24) is 20.6 Å². The molecule has 100 valence electrons. The molecule has 1 heterocycles. The Kier molecular flexibility index (Phi) is 3.98. The highest BCUT2D eigenvalue weighted by Gasteiger charge is 2.20. The Bertz CT molecular complexity index is 544. The van der Waals surface area contributed by atoms with E-state index in [1.807, 2.05) is 0 Å². The molecule has 1 aromatic carbocycles. The number of anilines is 1. The molecule has 0 aliphatic rings. The van der Waals surface area contributed by atoms with Crippen molar-refractivity contribution in [1.29, 1.82) is 0 Å². The van der Waals surface area contributed by atoms with E-state index in [1.165, 1.54) is 13.2 Å². The second-order valence-electron chi connectivity index (χ2n) is 3.70. The second-order valence-corrected chi connectivity index (χ2v) is 3.70. The smallest absolute Gasteiger partial charge is 0.292 e. The highest BCUT2D eigenvalue weighted by atomic mass is 16.6. The van der Waals surface area contributed by atoms with Crippen molar-refractivity contribution in [2.45, 2.75) is 6.04 Å². The predicted molar refractivity (Wildman–Crippen MR) is 65.5 cm³/mol. The molecule has 0 aliphatic heterocycles. The standard InChI is InChI=1S/C10H12N6O3/c1-19-6-8(10-12-14-15-13-10)11-7-4-2-3-5-9(7)16(17)18/h2-5,8,11H,6H2,1H3,(H,12,13,14,15). The van der Waals surface area contributed by atoms with Crippen molar-refractivity contribution in [2.75, 3.05) is 19.0 Å². The molecule has 0 bridgehead atoms. The summed E-state index contributed by atoms with van der Waals surface area (Å²) in [7, 11) is 1.52. The van der Waals surface area contributed by atoms with Crippen molar-refractivity contribution in [2.24, 2.45) is 0 Å². The van der Waals surface area contributed by atoms with Crippen LogP contribution in [0.1, 0.15) is 11.9 Å². The topological polar surface area (TPSA) is 119 Å². The highest BCUT2D eigenvalue weighted by molar-refractivity contribution is 5.61. The fourth-order valence-corrected chi connectivity index (χ4v) is 1.61. The molecule has 1 unspecified atom stereocenters. The molecule has 19 heavy (non-hydrogen) atoms. The van der Waals surface area contributed by atoms with Gasteiger partial charge in [0.25, 0.3) is 5.69 Å². The molecule has 2 rings (SSSR count). The van der Waals surface area contributed by atoms with Gasteiger partial charge in [-0.05, 0) is 6.07 Å². The van der Waals surface area contributed by atoms with E-state index in [9.17, 15) is 10.1 Å². The summed E-state index contributed by atoms with van der Waals surface area (Å²) in [5.74, 6) is 0.375. The van der Waals surface area contributed by atoms with E-state index in [4.69, 9.17) is 4.74 Å². The van der Waals surface area contributed by atoms with Gasteiger partial charge < -0.3 is 10.1 Å². The number of nitro benzene ring substituents is 1. The Morgan fingerprint density at radius 2 is 2.32 bits per heavy atom. The first kappa shape index (κ1) is 12.9. The van der Waals surface area contributed by atoms with Crippen molar-refractivity contribution in [3.63, 3.8) is 0 Å². The fourth-order valence-electron chi connectivity index (χ4n) is 1.61. The van der Waals surface area contributed by atoms with Crippen molar-refractivity contribution < 1.29 is 9.66 Å². The maximum absolute atomic E-state index is 10.9. The molecular formula is C10H12N6O3. The average Bonchev–Trinajstić information content (AvgIpc) is 2.92. The molecule has 0 saturated carbocycles. The van der Waals surface area contributed by atoms with Gasteiger partial charge in [0.15, 0.2) is 5.82 Å². The van der Waals surface area contributed by atoms with Gasteiger partial charge in [0.1, 0.15) is 11.7 Å². The van der Waals surface area contributed by atoms with Gasteiger partial charge in [-0.15, -0.1) is 10.2 Å². The molecule has 1 atom stereocenters. The molecule has 0 aliphatic carbocycles. The Labute approximate surface area is 108 Å². The zero-order valence-electron chi connectivity index (χ0n) is 10.1. The minimum Gasteiger partial charge on any atom is -0.382 e. The quantitative estimate of drug-likeness (QED) is 0.587. The van der Waals surface area contributed by atoms with Crippen molar-refractivity contribution in [3.8, 4) is 0 Å². The number of aromatic nitrogens is 4. The number of aromatic amines is 1. The Morgan fingerprint density at radius 1 is 1.53 bits per heavy atom. The molecular weight excluding hydrogens is 252 g/mol. The monoisotopic (exact) mass is 264 g/mol. The van der Waals surface area contributed by atoms with Crippen LogP contribution in [0.2, 0.25) is 0 Å². The van der Waals surface area contributed by atoms with Crippen LogP contribution in [-0.4, -0.2) is 39.3 Å². The van der Waals surface area contributed by atoms with Crippen LogP contribution in [-0.2, 0) is 4.74 Å². The highest BCUT2D eigenvalue weighted by Crippen LogP contribution is 2.26. The largest absolute Gasteiger partial charge is 0.382 e. The lowest BCUT2D eigenvalue weighted by Crippen LogP contribution is -2.18. The molecule has 0 amide bonds.